The molecule has 0 radical (unpaired) electrons. The smallest absolute Gasteiger partial charge is 0.0705 e. The topological polar surface area (TPSA) is 42.2 Å². The van der Waals surface area contributed by atoms with Gasteiger partial charge in [-0.2, -0.15) is 0 Å². The first-order valence-electron chi connectivity index (χ1n) is 7.54. The zero-order chi connectivity index (χ0) is 13.9. The molecule has 1 saturated carbocycles. The van der Waals surface area contributed by atoms with Gasteiger partial charge in [0.25, 0.3) is 0 Å². The first-order valence-corrected chi connectivity index (χ1v) is 7.54. The van der Waals surface area contributed by atoms with Gasteiger partial charge in [-0.05, 0) is 37.6 Å². The molecule has 2 aromatic rings. The molecule has 106 valence electrons. The Morgan fingerprint density at radius 2 is 2.00 bits per heavy atom. The molecule has 3 nitrogen and oxygen atoms in total. The van der Waals surface area contributed by atoms with Crippen molar-refractivity contribution in [2.75, 3.05) is 7.05 Å². The number of para-hydroxylation sites is 1. The van der Waals surface area contributed by atoms with E-state index in [1.807, 2.05) is 12.3 Å². The summed E-state index contributed by atoms with van der Waals surface area (Å²) in [6.45, 7) is 0.946. The van der Waals surface area contributed by atoms with Crippen molar-refractivity contribution in [3.63, 3.8) is 0 Å². The molecule has 0 aliphatic heterocycles. The van der Waals surface area contributed by atoms with Gasteiger partial charge in [-0.25, -0.2) is 0 Å². The minimum atomic E-state index is 0.321. The number of fused-ring (bicyclic) bond motifs is 1. The normalized spacial score (nSPS) is 23.4. The summed E-state index contributed by atoms with van der Waals surface area (Å²) in [6, 6.07) is 11.3. The third-order valence-corrected chi connectivity index (χ3v) is 4.51. The molecular weight excluding hydrogens is 246 g/mol. The molecule has 1 aliphatic rings. The maximum Gasteiger partial charge on any atom is 0.0705 e. The largest absolute Gasteiger partial charge is 0.326 e. The van der Waals surface area contributed by atoms with Crippen LogP contribution in [-0.2, 0) is 6.54 Å². The first kappa shape index (κ1) is 13.5. The Hall–Kier alpha value is -1.45. The molecule has 2 unspecified atom stereocenters. The van der Waals surface area contributed by atoms with Gasteiger partial charge < -0.3 is 5.73 Å². The van der Waals surface area contributed by atoms with E-state index in [0.29, 0.717) is 12.1 Å². The Morgan fingerprint density at radius 3 is 2.85 bits per heavy atom. The number of aromatic nitrogens is 1. The lowest BCUT2D eigenvalue weighted by Gasteiger charge is -2.36. The number of pyridine rings is 1. The second-order valence-corrected chi connectivity index (χ2v) is 5.92. The van der Waals surface area contributed by atoms with E-state index < -0.39 is 0 Å². The van der Waals surface area contributed by atoms with Gasteiger partial charge in [0.05, 0.1) is 5.52 Å². The molecule has 2 atom stereocenters. The Bertz CT molecular complexity index is 576. The third-order valence-electron chi connectivity index (χ3n) is 4.51. The summed E-state index contributed by atoms with van der Waals surface area (Å²) in [6.07, 6.45) is 6.88. The number of nitrogens with two attached hydrogens (primary N) is 1. The standard InChI is InChI=1S/C17H23N3/c1-20(17-9-5-3-7-15(17)18)12-13-10-11-19-16-8-4-2-6-14(13)16/h2,4,6,8,10-11,15,17H,3,5,7,9,12,18H2,1H3. The van der Waals surface area contributed by atoms with Crippen molar-refractivity contribution in [3.05, 3.63) is 42.1 Å². The number of rotatable bonds is 3. The number of benzene rings is 1. The van der Waals surface area contributed by atoms with Gasteiger partial charge in [-0.3, -0.25) is 9.88 Å². The summed E-state index contributed by atoms with van der Waals surface area (Å²) >= 11 is 0. The highest BCUT2D eigenvalue weighted by atomic mass is 15.1. The Morgan fingerprint density at radius 1 is 1.20 bits per heavy atom. The molecule has 20 heavy (non-hydrogen) atoms. The van der Waals surface area contributed by atoms with Crippen LogP contribution < -0.4 is 5.73 Å². The number of hydrogen-bond donors (Lipinski definition) is 1. The lowest BCUT2D eigenvalue weighted by Crippen LogP contribution is -2.47. The van der Waals surface area contributed by atoms with Crippen LogP contribution in [0.2, 0.25) is 0 Å². The Kier molecular flexibility index (Phi) is 3.99. The van der Waals surface area contributed by atoms with Crippen molar-refractivity contribution in [2.24, 2.45) is 5.73 Å². The molecule has 1 aromatic carbocycles. The summed E-state index contributed by atoms with van der Waals surface area (Å²) in [4.78, 5) is 6.86. The molecule has 0 bridgehead atoms. The van der Waals surface area contributed by atoms with Crippen molar-refractivity contribution in [1.82, 2.24) is 9.88 Å². The highest BCUT2D eigenvalue weighted by Crippen LogP contribution is 2.24. The quantitative estimate of drug-likeness (QED) is 0.931. The van der Waals surface area contributed by atoms with Crippen LogP contribution in [0.25, 0.3) is 10.9 Å². The lowest BCUT2D eigenvalue weighted by molar-refractivity contribution is 0.163. The molecule has 1 fully saturated rings. The van der Waals surface area contributed by atoms with Gasteiger partial charge in [-0.1, -0.05) is 31.0 Å². The van der Waals surface area contributed by atoms with Crippen molar-refractivity contribution < 1.29 is 0 Å². The van der Waals surface area contributed by atoms with Gasteiger partial charge in [0.2, 0.25) is 0 Å². The van der Waals surface area contributed by atoms with Crippen molar-refractivity contribution >= 4 is 10.9 Å². The van der Waals surface area contributed by atoms with Crippen molar-refractivity contribution in [2.45, 2.75) is 44.3 Å². The van der Waals surface area contributed by atoms with E-state index in [0.717, 1.165) is 18.5 Å². The van der Waals surface area contributed by atoms with Gasteiger partial charge in [0, 0.05) is 30.2 Å². The van der Waals surface area contributed by atoms with Crippen LogP contribution in [0.5, 0.6) is 0 Å². The average molecular weight is 269 g/mol. The Labute approximate surface area is 120 Å². The summed E-state index contributed by atoms with van der Waals surface area (Å²) in [5.74, 6) is 0. The molecule has 0 saturated heterocycles. The Balaban J connectivity index is 1.82. The van der Waals surface area contributed by atoms with Crippen LogP contribution in [0, 0.1) is 0 Å². The number of hydrogen-bond acceptors (Lipinski definition) is 3. The maximum absolute atomic E-state index is 6.29. The van der Waals surface area contributed by atoms with Crippen LogP contribution >= 0.6 is 0 Å². The summed E-state index contributed by atoms with van der Waals surface area (Å²) in [5, 5.41) is 1.26. The number of likely N-dealkylation sites (N-methyl/N-ethyl adjacent to an activating group) is 1. The summed E-state index contributed by atoms with van der Waals surface area (Å²) < 4.78 is 0. The molecular formula is C17H23N3. The molecule has 3 heteroatoms. The van der Waals surface area contributed by atoms with Crippen LogP contribution in [-0.4, -0.2) is 29.0 Å². The fourth-order valence-corrected chi connectivity index (χ4v) is 3.37. The molecule has 1 aromatic heterocycles. The molecule has 1 aliphatic carbocycles. The second-order valence-electron chi connectivity index (χ2n) is 5.92. The summed E-state index contributed by atoms with van der Waals surface area (Å²) in [5.41, 5.74) is 8.71. The van der Waals surface area contributed by atoms with Crippen molar-refractivity contribution in [1.29, 1.82) is 0 Å². The highest BCUT2D eigenvalue weighted by Gasteiger charge is 2.25. The fourth-order valence-electron chi connectivity index (χ4n) is 3.37. The molecule has 0 amide bonds. The van der Waals surface area contributed by atoms with Crippen LogP contribution in [0.4, 0.5) is 0 Å². The van der Waals surface area contributed by atoms with E-state index in [2.05, 4.69) is 41.2 Å². The van der Waals surface area contributed by atoms with E-state index in [1.165, 1.54) is 30.2 Å². The van der Waals surface area contributed by atoms with E-state index in [1.54, 1.807) is 0 Å². The zero-order valence-corrected chi connectivity index (χ0v) is 12.1. The highest BCUT2D eigenvalue weighted by molar-refractivity contribution is 5.81. The maximum atomic E-state index is 6.29. The zero-order valence-electron chi connectivity index (χ0n) is 12.1. The van der Waals surface area contributed by atoms with Gasteiger partial charge in [0.1, 0.15) is 0 Å². The van der Waals surface area contributed by atoms with Gasteiger partial charge >= 0.3 is 0 Å². The van der Waals surface area contributed by atoms with E-state index in [9.17, 15) is 0 Å². The van der Waals surface area contributed by atoms with Crippen LogP contribution in [0.1, 0.15) is 31.2 Å². The monoisotopic (exact) mass is 269 g/mol. The predicted octanol–water partition coefficient (Wildman–Crippen LogP) is 2.94. The third kappa shape index (κ3) is 2.69. The van der Waals surface area contributed by atoms with Crippen LogP contribution in [0.15, 0.2) is 36.5 Å². The minimum Gasteiger partial charge on any atom is -0.326 e. The molecule has 3 rings (SSSR count). The summed E-state index contributed by atoms with van der Waals surface area (Å²) in [7, 11) is 2.20. The predicted molar refractivity (Wildman–Crippen MR) is 83.4 cm³/mol. The minimum absolute atomic E-state index is 0.321. The van der Waals surface area contributed by atoms with E-state index in [-0.39, 0.29) is 0 Å². The second kappa shape index (κ2) is 5.90. The average Bonchev–Trinajstić information content (AvgIpc) is 2.48. The molecule has 1 heterocycles. The van der Waals surface area contributed by atoms with E-state index >= 15 is 0 Å². The number of nitrogens with zero attached hydrogens (tertiary/aromatic N) is 2. The van der Waals surface area contributed by atoms with Gasteiger partial charge in [0.15, 0.2) is 0 Å². The lowest BCUT2D eigenvalue weighted by atomic mass is 9.90. The molecule has 0 spiro atoms. The first-order chi connectivity index (χ1) is 9.75. The van der Waals surface area contributed by atoms with Crippen molar-refractivity contribution in [3.8, 4) is 0 Å². The van der Waals surface area contributed by atoms with Crippen LogP contribution in [0.3, 0.4) is 0 Å². The fraction of sp³-hybridized carbons (Fsp3) is 0.471. The van der Waals surface area contributed by atoms with E-state index in [4.69, 9.17) is 5.73 Å². The molecule has 2 N–H and O–H groups in total. The van der Waals surface area contributed by atoms with Gasteiger partial charge in [-0.15, -0.1) is 0 Å². The SMILES string of the molecule is CN(Cc1ccnc2ccccc12)C1CCCCC1N.